The SMILES string of the molecule is OCC1CCN(c2ncncc2I)CC1. The number of aliphatic hydroxyl groups is 1. The lowest BCUT2D eigenvalue weighted by atomic mass is 9.98. The highest BCUT2D eigenvalue weighted by molar-refractivity contribution is 14.1. The van der Waals surface area contributed by atoms with Crippen LogP contribution in [0.4, 0.5) is 5.82 Å². The van der Waals surface area contributed by atoms with Gasteiger partial charge in [-0.25, -0.2) is 9.97 Å². The summed E-state index contributed by atoms with van der Waals surface area (Å²) in [6, 6.07) is 0. The molecule has 0 bridgehead atoms. The van der Waals surface area contributed by atoms with E-state index in [2.05, 4.69) is 37.5 Å². The Bertz CT molecular complexity index is 326. The van der Waals surface area contributed by atoms with Crippen LogP contribution in [0.3, 0.4) is 0 Å². The van der Waals surface area contributed by atoms with E-state index in [9.17, 15) is 0 Å². The van der Waals surface area contributed by atoms with Gasteiger partial charge < -0.3 is 10.0 Å². The lowest BCUT2D eigenvalue weighted by Gasteiger charge is -2.32. The van der Waals surface area contributed by atoms with Crippen LogP contribution < -0.4 is 4.90 Å². The van der Waals surface area contributed by atoms with Crippen molar-refractivity contribution in [1.29, 1.82) is 0 Å². The Labute approximate surface area is 103 Å². The average molecular weight is 319 g/mol. The maximum Gasteiger partial charge on any atom is 0.145 e. The molecule has 1 aliphatic heterocycles. The van der Waals surface area contributed by atoms with Gasteiger partial charge in [-0.15, -0.1) is 0 Å². The second-order valence-electron chi connectivity index (χ2n) is 3.81. The summed E-state index contributed by atoms with van der Waals surface area (Å²) in [5.41, 5.74) is 0. The van der Waals surface area contributed by atoms with Crippen LogP contribution in [0.25, 0.3) is 0 Å². The molecule has 0 saturated carbocycles. The minimum Gasteiger partial charge on any atom is -0.396 e. The fourth-order valence-corrected chi connectivity index (χ4v) is 2.51. The minimum atomic E-state index is 0.314. The summed E-state index contributed by atoms with van der Waals surface area (Å²) in [5, 5.41) is 9.06. The molecule has 1 aromatic rings. The second-order valence-corrected chi connectivity index (χ2v) is 4.97. The first-order valence-corrected chi connectivity index (χ1v) is 6.20. The predicted octanol–water partition coefficient (Wildman–Crippen LogP) is 1.29. The van der Waals surface area contributed by atoms with Gasteiger partial charge in [-0.2, -0.15) is 0 Å². The van der Waals surface area contributed by atoms with Gasteiger partial charge in [0.2, 0.25) is 0 Å². The van der Waals surface area contributed by atoms with Gasteiger partial charge in [0.15, 0.2) is 0 Å². The van der Waals surface area contributed by atoms with Crippen LogP contribution in [-0.4, -0.2) is 34.8 Å². The van der Waals surface area contributed by atoms with Gasteiger partial charge in [0.1, 0.15) is 12.1 Å². The summed E-state index contributed by atoms with van der Waals surface area (Å²) in [5.74, 6) is 1.50. The first-order valence-electron chi connectivity index (χ1n) is 5.12. The number of rotatable bonds is 2. The van der Waals surface area contributed by atoms with Crippen molar-refractivity contribution >= 4 is 28.4 Å². The Hall–Kier alpha value is -0.430. The van der Waals surface area contributed by atoms with E-state index in [0.717, 1.165) is 35.3 Å². The van der Waals surface area contributed by atoms with Crippen molar-refractivity contribution in [3.63, 3.8) is 0 Å². The summed E-state index contributed by atoms with van der Waals surface area (Å²) in [6.07, 6.45) is 5.53. The number of anilines is 1. The molecule has 0 aromatic carbocycles. The smallest absolute Gasteiger partial charge is 0.145 e. The molecule has 0 spiro atoms. The number of hydrogen-bond acceptors (Lipinski definition) is 4. The zero-order valence-corrected chi connectivity index (χ0v) is 10.6. The van der Waals surface area contributed by atoms with Crippen LogP contribution in [0, 0.1) is 9.49 Å². The molecule has 2 heterocycles. The Morgan fingerprint density at radius 1 is 1.47 bits per heavy atom. The number of halogens is 1. The molecule has 82 valence electrons. The molecule has 1 saturated heterocycles. The van der Waals surface area contributed by atoms with E-state index in [1.54, 1.807) is 6.33 Å². The Morgan fingerprint density at radius 3 is 2.80 bits per heavy atom. The van der Waals surface area contributed by atoms with Gasteiger partial charge in [0.25, 0.3) is 0 Å². The molecule has 0 aliphatic carbocycles. The molecule has 1 aromatic heterocycles. The Balaban J connectivity index is 2.04. The van der Waals surface area contributed by atoms with Crippen LogP contribution in [0.2, 0.25) is 0 Å². The highest BCUT2D eigenvalue weighted by Crippen LogP contribution is 2.24. The van der Waals surface area contributed by atoms with E-state index >= 15 is 0 Å². The number of aliphatic hydroxyl groups excluding tert-OH is 1. The highest BCUT2D eigenvalue weighted by atomic mass is 127. The zero-order valence-electron chi connectivity index (χ0n) is 8.43. The van der Waals surface area contributed by atoms with Crippen molar-refractivity contribution in [3.8, 4) is 0 Å². The number of hydrogen-bond donors (Lipinski definition) is 1. The fraction of sp³-hybridized carbons (Fsp3) is 0.600. The van der Waals surface area contributed by atoms with Crippen molar-refractivity contribution in [3.05, 3.63) is 16.1 Å². The van der Waals surface area contributed by atoms with Crippen LogP contribution in [0.15, 0.2) is 12.5 Å². The van der Waals surface area contributed by atoms with E-state index in [0.29, 0.717) is 12.5 Å². The molecule has 0 atom stereocenters. The van der Waals surface area contributed by atoms with Gasteiger partial charge in [0, 0.05) is 25.9 Å². The lowest BCUT2D eigenvalue weighted by molar-refractivity contribution is 0.202. The van der Waals surface area contributed by atoms with Crippen molar-refractivity contribution in [1.82, 2.24) is 9.97 Å². The standard InChI is InChI=1S/C10H14IN3O/c11-9-5-12-7-13-10(9)14-3-1-8(6-15)2-4-14/h5,7-8,15H,1-4,6H2. The molecule has 1 aliphatic rings. The fourth-order valence-electron chi connectivity index (χ4n) is 1.87. The van der Waals surface area contributed by atoms with E-state index in [4.69, 9.17) is 5.11 Å². The van der Waals surface area contributed by atoms with Gasteiger partial charge in [-0.1, -0.05) is 0 Å². The zero-order chi connectivity index (χ0) is 10.7. The summed E-state index contributed by atoms with van der Waals surface area (Å²) < 4.78 is 1.09. The summed E-state index contributed by atoms with van der Waals surface area (Å²) in [7, 11) is 0. The Morgan fingerprint density at radius 2 is 2.20 bits per heavy atom. The Kier molecular flexibility index (Phi) is 3.74. The summed E-state index contributed by atoms with van der Waals surface area (Å²) in [4.78, 5) is 10.6. The number of aromatic nitrogens is 2. The summed E-state index contributed by atoms with van der Waals surface area (Å²) >= 11 is 2.26. The van der Waals surface area contributed by atoms with Crippen molar-refractivity contribution in [2.45, 2.75) is 12.8 Å². The molecule has 1 N–H and O–H groups in total. The van der Waals surface area contributed by atoms with Crippen molar-refractivity contribution < 1.29 is 5.11 Å². The van der Waals surface area contributed by atoms with Crippen molar-refractivity contribution in [2.24, 2.45) is 5.92 Å². The van der Waals surface area contributed by atoms with Crippen LogP contribution in [0.1, 0.15) is 12.8 Å². The van der Waals surface area contributed by atoms with Gasteiger partial charge >= 0.3 is 0 Å². The number of nitrogens with zero attached hydrogens (tertiary/aromatic N) is 3. The molecular formula is C10H14IN3O. The van der Waals surface area contributed by atoms with Crippen LogP contribution in [0.5, 0.6) is 0 Å². The second kappa shape index (κ2) is 5.07. The first kappa shape index (κ1) is 11.1. The van der Waals surface area contributed by atoms with Crippen LogP contribution in [-0.2, 0) is 0 Å². The third-order valence-corrected chi connectivity index (χ3v) is 3.58. The minimum absolute atomic E-state index is 0.314. The van der Waals surface area contributed by atoms with E-state index in [1.807, 2.05) is 6.20 Å². The topological polar surface area (TPSA) is 49.2 Å². The third-order valence-electron chi connectivity index (χ3n) is 2.82. The largest absolute Gasteiger partial charge is 0.396 e. The highest BCUT2D eigenvalue weighted by Gasteiger charge is 2.20. The molecule has 15 heavy (non-hydrogen) atoms. The van der Waals surface area contributed by atoms with Crippen LogP contribution >= 0.6 is 22.6 Å². The molecule has 0 unspecified atom stereocenters. The first-order chi connectivity index (χ1) is 7.31. The molecular weight excluding hydrogens is 305 g/mol. The van der Waals surface area contributed by atoms with Gasteiger partial charge in [0.05, 0.1) is 3.57 Å². The van der Waals surface area contributed by atoms with Gasteiger partial charge in [-0.3, -0.25) is 0 Å². The molecule has 1 fully saturated rings. The monoisotopic (exact) mass is 319 g/mol. The molecule has 0 amide bonds. The third kappa shape index (κ3) is 2.57. The maximum atomic E-state index is 9.06. The average Bonchev–Trinajstić information content (AvgIpc) is 2.30. The van der Waals surface area contributed by atoms with Gasteiger partial charge in [-0.05, 0) is 41.4 Å². The lowest BCUT2D eigenvalue weighted by Crippen LogP contribution is -2.35. The van der Waals surface area contributed by atoms with Crippen molar-refractivity contribution in [2.75, 3.05) is 24.6 Å². The molecule has 2 rings (SSSR count). The summed E-state index contributed by atoms with van der Waals surface area (Å²) in [6.45, 7) is 2.28. The predicted molar refractivity (Wildman–Crippen MR) is 66.8 cm³/mol. The quantitative estimate of drug-likeness (QED) is 0.835. The van der Waals surface area contributed by atoms with E-state index in [-0.39, 0.29) is 0 Å². The molecule has 4 nitrogen and oxygen atoms in total. The number of piperidine rings is 1. The maximum absolute atomic E-state index is 9.06. The molecule has 5 heteroatoms. The molecule has 0 radical (unpaired) electrons. The van der Waals surface area contributed by atoms with E-state index in [1.165, 1.54) is 0 Å². The normalized spacial score (nSPS) is 18.1. The van der Waals surface area contributed by atoms with E-state index < -0.39 is 0 Å².